The summed E-state index contributed by atoms with van der Waals surface area (Å²) < 4.78 is 6.64. The quantitative estimate of drug-likeness (QED) is 0.470. The van der Waals surface area contributed by atoms with Crippen LogP contribution in [0.1, 0.15) is 42.1 Å². The number of ether oxygens (including phenoxy) is 1. The van der Waals surface area contributed by atoms with Crippen molar-refractivity contribution in [3.8, 4) is 5.82 Å². The number of rotatable bonds is 8. The first-order valence-corrected chi connectivity index (χ1v) is 9.22. The zero-order valence-corrected chi connectivity index (χ0v) is 17.0. The fourth-order valence-corrected chi connectivity index (χ4v) is 2.57. The van der Waals surface area contributed by atoms with Crippen LogP contribution in [0.5, 0.6) is 0 Å². The van der Waals surface area contributed by atoms with Crippen LogP contribution in [0.3, 0.4) is 0 Å². The highest BCUT2D eigenvalue weighted by Gasteiger charge is 2.13. The first kappa shape index (κ1) is 21.2. The largest absolute Gasteiger partial charge is 0.385 e. The van der Waals surface area contributed by atoms with Gasteiger partial charge in [-0.2, -0.15) is 10.2 Å². The summed E-state index contributed by atoms with van der Waals surface area (Å²) >= 11 is 0. The molecule has 3 aromatic heterocycles. The third kappa shape index (κ3) is 5.01. The molecule has 28 heavy (non-hydrogen) atoms. The number of nitrogens with zero attached hydrogens (tertiary/aromatic N) is 6. The van der Waals surface area contributed by atoms with Gasteiger partial charge in [0.05, 0.1) is 11.6 Å². The van der Waals surface area contributed by atoms with Gasteiger partial charge in [-0.1, -0.05) is 13.8 Å². The van der Waals surface area contributed by atoms with Crippen LogP contribution in [0.4, 0.5) is 0 Å². The third-order valence-corrected chi connectivity index (χ3v) is 3.87. The molecule has 150 valence electrons. The molecule has 9 heteroatoms. The molecule has 0 aliphatic rings. The van der Waals surface area contributed by atoms with Gasteiger partial charge in [0.15, 0.2) is 17.8 Å². The maximum atomic E-state index is 11.4. The van der Waals surface area contributed by atoms with Crippen LogP contribution >= 0.6 is 0 Å². The molecule has 0 spiro atoms. The molecule has 3 aromatic rings. The zero-order chi connectivity index (χ0) is 20.5. The predicted octanol–water partition coefficient (Wildman–Crippen LogP) is 2.62. The van der Waals surface area contributed by atoms with Crippen molar-refractivity contribution < 1.29 is 9.53 Å². The maximum absolute atomic E-state index is 11.4. The number of aromatic nitrogens is 6. The summed E-state index contributed by atoms with van der Waals surface area (Å²) in [6.45, 7) is 7.36. The Hall–Kier alpha value is -3.07. The molecule has 0 fully saturated rings. The van der Waals surface area contributed by atoms with Crippen LogP contribution in [0.2, 0.25) is 0 Å². The van der Waals surface area contributed by atoms with Gasteiger partial charge >= 0.3 is 0 Å². The smallest absolute Gasteiger partial charge is 0.170 e. The Kier molecular flexibility index (Phi) is 7.82. The van der Waals surface area contributed by atoms with Crippen LogP contribution in [-0.2, 0) is 4.74 Å². The number of aldehydes is 1. The summed E-state index contributed by atoms with van der Waals surface area (Å²) in [5.74, 6) is 1.17. The van der Waals surface area contributed by atoms with Crippen molar-refractivity contribution in [1.82, 2.24) is 34.8 Å². The van der Waals surface area contributed by atoms with Crippen LogP contribution in [-0.4, -0.2) is 68.4 Å². The summed E-state index contributed by atoms with van der Waals surface area (Å²) in [4.78, 5) is 22.2. The Morgan fingerprint density at radius 2 is 2.11 bits per heavy atom. The number of methoxy groups -OCH3 is 1. The minimum Gasteiger partial charge on any atom is -0.385 e. The minimum atomic E-state index is 0.347. The lowest BCUT2D eigenvalue weighted by Gasteiger charge is -2.12. The molecule has 0 bridgehead atoms. The van der Waals surface area contributed by atoms with Crippen molar-refractivity contribution in [3.63, 3.8) is 0 Å². The van der Waals surface area contributed by atoms with Gasteiger partial charge in [0.25, 0.3) is 0 Å². The molecule has 3 heterocycles. The number of aromatic amines is 1. The summed E-state index contributed by atoms with van der Waals surface area (Å²) in [6, 6.07) is 0. The highest BCUT2D eigenvalue weighted by atomic mass is 16.5. The van der Waals surface area contributed by atoms with Gasteiger partial charge in [-0.05, 0) is 25.6 Å². The molecule has 9 nitrogen and oxygen atoms in total. The highest BCUT2D eigenvalue weighted by molar-refractivity contribution is 5.83. The van der Waals surface area contributed by atoms with E-state index in [9.17, 15) is 4.79 Å². The summed E-state index contributed by atoms with van der Waals surface area (Å²) in [7, 11) is 3.66. The van der Waals surface area contributed by atoms with E-state index >= 15 is 0 Å². The van der Waals surface area contributed by atoms with Crippen molar-refractivity contribution in [2.24, 2.45) is 0 Å². The number of fused-ring (bicyclic) bond motifs is 1. The number of nitrogens with one attached hydrogen (secondary N) is 1. The second-order valence-corrected chi connectivity index (χ2v) is 5.90. The molecule has 0 radical (unpaired) electrons. The zero-order valence-electron chi connectivity index (χ0n) is 17.0. The van der Waals surface area contributed by atoms with E-state index in [0.29, 0.717) is 35.2 Å². The number of aryl methyl sites for hydroxylation is 1. The molecule has 0 unspecified atom stereocenters. The molecular weight excluding hydrogens is 358 g/mol. The third-order valence-electron chi connectivity index (χ3n) is 3.87. The fraction of sp³-hybridized carbons (Fsp3) is 0.421. The van der Waals surface area contributed by atoms with Gasteiger partial charge in [0, 0.05) is 39.1 Å². The van der Waals surface area contributed by atoms with Gasteiger partial charge in [-0.25, -0.2) is 14.6 Å². The first-order chi connectivity index (χ1) is 13.6. The van der Waals surface area contributed by atoms with Gasteiger partial charge in [-0.15, -0.1) is 0 Å². The number of hydrogen-bond acceptors (Lipinski definition) is 7. The minimum absolute atomic E-state index is 0.347. The lowest BCUT2D eigenvalue weighted by atomic mass is 10.2. The van der Waals surface area contributed by atoms with Crippen LogP contribution in [0, 0.1) is 6.92 Å². The molecular formula is C19H27N7O2. The van der Waals surface area contributed by atoms with E-state index in [4.69, 9.17) is 4.74 Å². The molecule has 0 saturated carbocycles. The Labute approximate surface area is 164 Å². The topological polar surface area (TPSA) is 102 Å². The lowest BCUT2D eigenvalue weighted by Crippen LogP contribution is -2.13. The van der Waals surface area contributed by atoms with E-state index in [1.54, 1.807) is 31.1 Å². The van der Waals surface area contributed by atoms with Gasteiger partial charge in [0.2, 0.25) is 0 Å². The molecule has 1 N–H and O–H groups in total. The molecule has 0 aliphatic heterocycles. The van der Waals surface area contributed by atoms with E-state index in [0.717, 1.165) is 24.6 Å². The average molecular weight is 385 g/mol. The second-order valence-electron chi connectivity index (χ2n) is 5.90. The van der Waals surface area contributed by atoms with Crippen molar-refractivity contribution in [2.75, 3.05) is 27.3 Å². The monoisotopic (exact) mass is 385 g/mol. The standard InChI is InChI=1S/C17H21N7O2.C2H6/c1-12-19-16-14(9-18-21-16)17(20-12)24-10-13(15(11-25)22-24)5-7-23(2)6-4-8-26-3;1-2/h5,7,9-11H,4,6,8H2,1-3H3,(H,18,19,20,21);1-2H3/b7-5-;. The summed E-state index contributed by atoms with van der Waals surface area (Å²) in [6.07, 6.45) is 8.86. The van der Waals surface area contributed by atoms with Crippen molar-refractivity contribution >= 4 is 23.4 Å². The molecule has 0 saturated heterocycles. The summed E-state index contributed by atoms with van der Waals surface area (Å²) in [5.41, 5.74) is 1.69. The first-order valence-electron chi connectivity index (χ1n) is 9.22. The Balaban J connectivity index is 0.00000136. The number of carbonyl (C=O) groups is 1. The number of H-pyrrole nitrogens is 1. The predicted molar refractivity (Wildman–Crippen MR) is 108 cm³/mol. The Morgan fingerprint density at radius 1 is 1.32 bits per heavy atom. The summed E-state index contributed by atoms with van der Waals surface area (Å²) in [5, 5.41) is 11.9. The van der Waals surface area contributed by atoms with Gasteiger partial charge < -0.3 is 9.64 Å². The van der Waals surface area contributed by atoms with E-state index in [1.165, 1.54) is 0 Å². The molecule has 0 atom stereocenters. The van der Waals surface area contributed by atoms with Gasteiger partial charge in [0.1, 0.15) is 11.5 Å². The van der Waals surface area contributed by atoms with Crippen molar-refractivity contribution in [1.29, 1.82) is 0 Å². The Morgan fingerprint density at radius 3 is 2.82 bits per heavy atom. The van der Waals surface area contributed by atoms with Gasteiger partial charge in [-0.3, -0.25) is 9.89 Å². The fourth-order valence-electron chi connectivity index (χ4n) is 2.57. The van der Waals surface area contributed by atoms with E-state index in [1.807, 2.05) is 38.1 Å². The molecule has 3 rings (SSSR count). The normalized spacial score (nSPS) is 10.9. The SMILES string of the molecule is CC.COCCCN(C)/C=C\c1cn(-c2nc(C)nc3[nH]ncc23)nc1C=O. The average Bonchev–Trinajstić information content (AvgIpc) is 3.34. The number of carbonyl (C=O) groups excluding carboxylic acids is 1. The van der Waals surface area contributed by atoms with Crippen LogP contribution in [0.15, 0.2) is 18.6 Å². The number of hydrogen-bond donors (Lipinski definition) is 1. The molecule has 0 aromatic carbocycles. The molecule has 0 amide bonds. The highest BCUT2D eigenvalue weighted by Crippen LogP contribution is 2.19. The maximum Gasteiger partial charge on any atom is 0.170 e. The van der Waals surface area contributed by atoms with Crippen molar-refractivity contribution in [3.05, 3.63) is 35.7 Å². The van der Waals surface area contributed by atoms with E-state index < -0.39 is 0 Å². The van der Waals surface area contributed by atoms with Crippen LogP contribution in [0.25, 0.3) is 22.9 Å². The molecule has 0 aliphatic carbocycles. The van der Waals surface area contributed by atoms with E-state index in [-0.39, 0.29) is 0 Å². The van der Waals surface area contributed by atoms with E-state index in [2.05, 4.69) is 25.3 Å². The Bertz CT molecular complexity index is 930. The van der Waals surface area contributed by atoms with Crippen LogP contribution < -0.4 is 0 Å². The van der Waals surface area contributed by atoms with Crippen molar-refractivity contribution in [2.45, 2.75) is 27.2 Å². The lowest BCUT2D eigenvalue weighted by molar-refractivity contribution is 0.111. The second kappa shape index (κ2) is 10.3.